The first-order valence-corrected chi connectivity index (χ1v) is 29.6. The Balaban J connectivity index is 1.06. The van der Waals surface area contributed by atoms with Crippen molar-refractivity contribution in [1.82, 2.24) is 51.9 Å². The maximum atomic E-state index is 14.6. The number of aryl methyl sites for hydroxylation is 1. The number of rotatable bonds is 33. The fraction of sp³-hybridized carbons (Fsp3) is 0.485. The minimum Gasteiger partial charge on any atom is -0.363 e. The highest BCUT2D eigenvalue weighted by Crippen LogP contribution is 2.23. The van der Waals surface area contributed by atoms with E-state index in [0.717, 1.165) is 28.7 Å². The van der Waals surface area contributed by atoms with E-state index in [1.807, 2.05) is 126 Å². The van der Waals surface area contributed by atoms with Crippen LogP contribution < -0.4 is 37.2 Å². The Morgan fingerprint density at radius 3 is 1.55 bits per heavy atom. The Morgan fingerprint density at radius 2 is 1.04 bits per heavy atom. The molecule has 2 heterocycles. The molecule has 0 bridgehead atoms. The number of nitrogens with one attached hydrogen (secondary N) is 7. The predicted octanol–water partition coefficient (Wildman–Crippen LogP) is 3.74. The van der Waals surface area contributed by atoms with Gasteiger partial charge in [0.1, 0.15) is 25.3 Å². The molecule has 5 amide bonds. The minimum absolute atomic E-state index is 0.00483. The smallest absolute Gasteiger partial charge is 0.249 e. The van der Waals surface area contributed by atoms with Crippen LogP contribution >= 0.6 is 0 Å². The van der Waals surface area contributed by atoms with E-state index in [2.05, 4.69) is 60.9 Å². The lowest BCUT2D eigenvalue weighted by atomic mass is 10.0. The van der Waals surface area contributed by atoms with Crippen LogP contribution in [0.5, 0.6) is 0 Å². The SMILES string of the molecule is CN[C@@H](C)C(=O)N[C@H](C(=O)N1CCC[C@H]1CN(CCc1ccccc1)C(=O)CNCc1ccccc1)[C@@H](C)OCC#CC#CCO[C@H](C)[C@H](NC(=O)[C@H](C)NC)C(=O)N1CCC[C@H]1NC(CCc1ccccc1)C(=O)CNCc1ccccc1. The molecule has 1 unspecified atom stereocenters. The fourth-order valence-electron chi connectivity index (χ4n) is 10.2. The molecule has 450 valence electrons. The topological polar surface area (TPSA) is 215 Å². The molecule has 2 aliphatic heterocycles. The molecule has 6 rings (SSSR count). The van der Waals surface area contributed by atoms with E-state index in [1.54, 1.807) is 51.6 Å². The van der Waals surface area contributed by atoms with E-state index >= 15 is 0 Å². The maximum Gasteiger partial charge on any atom is 0.249 e. The molecule has 18 heteroatoms. The average molecular weight is 1150 g/mol. The largest absolute Gasteiger partial charge is 0.363 e. The summed E-state index contributed by atoms with van der Waals surface area (Å²) in [6, 6.07) is 35.7. The summed E-state index contributed by atoms with van der Waals surface area (Å²) in [5.74, 6) is 9.86. The van der Waals surface area contributed by atoms with Gasteiger partial charge in [-0.3, -0.25) is 34.1 Å². The molecule has 0 aromatic heterocycles. The monoisotopic (exact) mass is 1150 g/mol. The van der Waals surface area contributed by atoms with Gasteiger partial charge in [-0.2, -0.15) is 0 Å². The lowest BCUT2D eigenvalue weighted by Gasteiger charge is -2.35. The number of ketones is 1. The van der Waals surface area contributed by atoms with Crippen molar-refractivity contribution in [2.75, 3.05) is 66.6 Å². The van der Waals surface area contributed by atoms with E-state index in [-0.39, 0.29) is 67.7 Å². The highest BCUT2D eigenvalue weighted by Gasteiger charge is 2.40. The average Bonchev–Trinajstić information content (AvgIpc) is 4.42. The highest BCUT2D eigenvalue weighted by atomic mass is 16.5. The molecular weight excluding hydrogens is 1060 g/mol. The number of likely N-dealkylation sites (N-methyl/N-ethyl adjacent to an activating group) is 2. The van der Waals surface area contributed by atoms with Gasteiger partial charge in [-0.15, -0.1) is 0 Å². The Bertz CT molecular complexity index is 2620. The summed E-state index contributed by atoms with van der Waals surface area (Å²) in [5, 5.41) is 21.9. The van der Waals surface area contributed by atoms with Crippen LogP contribution in [0.1, 0.15) is 82.1 Å². The zero-order valence-electron chi connectivity index (χ0n) is 49.9. The summed E-state index contributed by atoms with van der Waals surface area (Å²) in [4.78, 5) is 89.1. The number of nitrogens with zero attached hydrogens (tertiary/aromatic N) is 3. The first-order valence-electron chi connectivity index (χ1n) is 29.6. The molecular formula is C66H88N10O8. The summed E-state index contributed by atoms with van der Waals surface area (Å²) in [6.45, 7) is 9.72. The summed E-state index contributed by atoms with van der Waals surface area (Å²) in [5.41, 5.74) is 4.36. The third-order valence-corrected chi connectivity index (χ3v) is 15.6. The van der Waals surface area contributed by atoms with Crippen molar-refractivity contribution < 1.29 is 38.2 Å². The van der Waals surface area contributed by atoms with Gasteiger partial charge in [0.25, 0.3) is 0 Å². The number of benzene rings is 4. The van der Waals surface area contributed by atoms with E-state index in [4.69, 9.17) is 9.47 Å². The van der Waals surface area contributed by atoms with Gasteiger partial charge in [0.15, 0.2) is 5.78 Å². The Kier molecular flexibility index (Phi) is 28.1. The van der Waals surface area contributed by atoms with Crippen LogP contribution in [0.15, 0.2) is 121 Å². The molecule has 18 nitrogen and oxygen atoms in total. The van der Waals surface area contributed by atoms with Crippen LogP contribution in [0, 0.1) is 23.7 Å². The number of likely N-dealkylation sites (tertiary alicyclic amines) is 2. The van der Waals surface area contributed by atoms with Gasteiger partial charge in [0, 0.05) is 45.3 Å². The van der Waals surface area contributed by atoms with Crippen LogP contribution in [-0.4, -0.2) is 171 Å². The lowest BCUT2D eigenvalue weighted by molar-refractivity contribution is -0.142. The molecule has 0 radical (unpaired) electrons. The van der Waals surface area contributed by atoms with Gasteiger partial charge >= 0.3 is 0 Å². The van der Waals surface area contributed by atoms with Gasteiger partial charge in [-0.1, -0.05) is 133 Å². The molecule has 0 spiro atoms. The number of amides is 5. The van der Waals surface area contributed by atoms with Gasteiger partial charge in [-0.05, 0) is 121 Å². The summed E-state index contributed by atoms with van der Waals surface area (Å²) < 4.78 is 12.2. The number of hydrogen-bond acceptors (Lipinski definition) is 13. The molecule has 84 heavy (non-hydrogen) atoms. The second-order valence-corrected chi connectivity index (χ2v) is 21.6. The number of hydrogen-bond donors (Lipinski definition) is 7. The van der Waals surface area contributed by atoms with E-state index in [0.29, 0.717) is 77.8 Å². The predicted molar refractivity (Wildman–Crippen MR) is 326 cm³/mol. The summed E-state index contributed by atoms with van der Waals surface area (Å²) >= 11 is 0. The molecule has 4 aromatic rings. The Morgan fingerprint density at radius 1 is 0.583 bits per heavy atom. The van der Waals surface area contributed by atoms with Crippen molar-refractivity contribution in [3.05, 3.63) is 144 Å². The molecule has 4 aromatic carbocycles. The molecule has 2 aliphatic rings. The second-order valence-electron chi connectivity index (χ2n) is 21.6. The third kappa shape index (κ3) is 21.4. The van der Waals surface area contributed by atoms with E-state index < -0.39 is 48.6 Å². The van der Waals surface area contributed by atoms with Crippen LogP contribution in [0.4, 0.5) is 0 Å². The molecule has 2 fully saturated rings. The minimum atomic E-state index is -1.07. The van der Waals surface area contributed by atoms with E-state index in [1.165, 1.54) is 0 Å². The number of Topliss-reactive ketones (excluding diaryl/α,β-unsaturated/α-hetero) is 1. The van der Waals surface area contributed by atoms with Crippen molar-refractivity contribution in [3.8, 4) is 23.7 Å². The molecule has 2 saturated heterocycles. The van der Waals surface area contributed by atoms with Crippen molar-refractivity contribution in [3.63, 3.8) is 0 Å². The van der Waals surface area contributed by atoms with Crippen molar-refractivity contribution in [2.45, 2.75) is 140 Å². The van der Waals surface area contributed by atoms with Crippen LogP contribution in [-0.2, 0) is 64.2 Å². The zero-order chi connectivity index (χ0) is 60.1. The third-order valence-electron chi connectivity index (χ3n) is 15.6. The van der Waals surface area contributed by atoms with Crippen molar-refractivity contribution >= 4 is 35.3 Å². The lowest BCUT2D eigenvalue weighted by Crippen LogP contribution is -2.60. The van der Waals surface area contributed by atoms with Crippen LogP contribution in [0.2, 0.25) is 0 Å². The standard InChI is InChI=1S/C66H88N10O8/c1-48(67-5)63(79)72-61(65(81)75-38-23-33-56(75)47-74(40-37-53-27-15-10-16-28-53)60(78)46-70-44-55-31-19-12-20-32-55)50(3)83-41-21-7-8-22-42-84-51(4)62(73-64(80)49(2)68-6)66(82)76-39-24-34-59(76)71-57(36-35-52-25-13-9-14-26-52)58(77)45-69-43-54-29-17-11-18-30-54/h9-20,25-32,48-51,56-57,59,61-62,67-71H,23-24,33-47H2,1-6H3,(H,72,79)(H,73,80)/t48-,49-,50+,51+,56-,57?,59-,61-,62-/m0/s1. The number of ether oxygens (including phenoxy) is 2. The van der Waals surface area contributed by atoms with Gasteiger partial charge in [0.05, 0.1) is 49.6 Å². The Hall–Kier alpha value is -7.26. The maximum absolute atomic E-state index is 14.6. The highest BCUT2D eigenvalue weighted by molar-refractivity contribution is 5.91. The van der Waals surface area contributed by atoms with E-state index in [9.17, 15) is 28.8 Å². The number of carbonyl (C=O) groups excluding carboxylic acids is 6. The fourth-order valence-corrected chi connectivity index (χ4v) is 10.2. The molecule has 9 atom stereocenters. The Labute approximate surface area is 497 Å². The summed E-state index contributed by atoms with van der Waals surface area (Å²) in [6.07, 6.45) is 2.57. The van der Waals surface area contributed by atoms with Gasteiger partial charge < -0.3 is 56.1 Å². The first kappa shape index (κ1) is 65.9. The van der Waals surface area contributed by atoms with Crippen LogP contribution in [0.3, 0.4) is 0 Å². The second kappa shape index (κ2) is 35.8. The van der Waals surface area contributed by atoms with Gasteiger partial charge in [0.2, 0.25) is 29.5 Å². The molecule has 7 N–H and O–H groups in total. The molecule has 0 aliphatic carbocycles. The zero-order valence-corrected chi connectivity index (χ0v) is 49.9. The first-order chi connectivity index (χ1) is 40.8. The quantitative estimate of drug-likeness (QED) is 0.0340. The molecule has 0 saturated carbocycles. The summed E-state index contributed by atoms with van der Waals surface area (Å²) in [7, 11) is 3.33. The normalized spacial score (nSPS) is 17.2. The van der Waals surface area contributed by atoms with Crippen LogP contribution in [0.25, 0.3) is 0 Å². The van der Waals surface area contributed by atoms with Crippen molar-refractivity contribution in [2.24, 2.45) is 0 Å². The van der Waals surface area contributed by atoms with Gasteiger partial charge in [-0.25, -0.2) is 0 Å². The van der Waals surface area contributed by atoms with Crippen molar-refractivity contribution in [1.29, 1.82) is 0 Å². The number of carbonyl (C=O) groups is 6.